The molecule has 1 aromatic carbocycles. The molecule has 1 amide bonds. The average Bonchev–Trinajstić information content (AvgIpc) is 2.53. The molecule has 0 bridgehead atoms. The molecule has 0 spiro atoms. The largest absolute Gasteiger partial charge is 0.480 e. The average molecular weight is 337 g/mol. The van der Waals surface area contributed by atoms with Crippen LogP contribution in [0.3, 0.4) is 0 Å². The van der Waals surface area contributed by atoms with Crippen molar-refractivity contribution in [3.63, 3.8) is 0 Å². The van der Waals surface area contributed by atoms with Crippen LogP contribution in [-0.4, -0.2) is 42.2 Å². The molecule has 0 radical (unpaired) electrons. The van der Waals surface area contributed by atoms with E-state index in [0.29, 0.717) is 0 Å². The fourth-order valence-corrected chi connectivity index (χ4v) is 2.10. The molecular weight excluding hydrogens is 314 g/mol. The van der Waals surface area contributed by atoms with Crippen molar-refractivity contribution < 1.29 is 29.0 Å². The first-order valence-corrected chi connectivity index (χ1v) is 7.73. The van der Waals surface area contributed by atoms with E-state index in [1.54, 1.807) is 13.8 Å². The monoisotopic (exact) mass is 337 g/mol. The quantitative estimate of drug-likeness (QED) is 0.625. The highest BCUT2D eigenvalue weighted by atomic mass is 16.5. The maximum absolute atomic E-state index is 11.8. The molecule has 7 nitrogen and oxygen atoms in total. The lowest BCUT2D eigenvalue weighted by molar-refractivity contribution is -0.147. The van der Waals surface area contributed by atoms with Gasteiger partial charge in [-0.2, -0.15) is 0 Å². The van der Waals surface area contributed by atoms with Crippen LogP contribution in [0.1, 0.15) is 25.8 Å². The summed E-state index contributed by atoms with van der Waals surface area (Å²) in [6, 6.07) is 8.13. The number of rotatable bonds is 10. The number of nitrogens with one attached hydrogen (secondary N) is 1. The molecule has 0 aromatic heterocycles. The van der Waals surface area contributed by atoms with Gasteiger partial charge < -0.3 is 19.9 Å². The number of carboxylic acid groups (broad SMARTS) is 1. The van der Waals surface area contributed by atoms with Crippen LogP contribution in [0.25, 0.3) is 0 Å². The molecule has 0 saturated heterocycles. The van der Waals surface area contributed by atoms with Crippen molar-refractivity contribution in [3.05, 3.63) is 35.9 Å². The minimum Gasteiger partial charge on any atom is -0.480 e. The maximum Gasteiger partial charge on any atom is 0.326 e. The van der Waals surface area contributed by atoms with Gasteiger partial charge in [0, 0.05) is 0 Å². The third-order valence-electron chi connectivity index (χ3n) is 3.29. The van der Waals surface area contributed by atoms with Crippen molar-refractivity contribution in [2.75, 3.05) is 13.2 Å². The van der Waals surface area contributed by atoms with Crippen LogP contribution in [0.15, 0.2) is 30.3 Å². The Kier molecular flexibility index (Phi) is 8.49. The minimum atomic E-state index is -1.21. The predicted octanol–water partition coefficient (Wildman–Crippen LogP) is 1.36. The van der Waals surface area contributed by atoms with Crippen LogP contribution < -0.4 is 5.32 Å². The molecule has 0 heterocycles. The number of carboxylic acids is 1. The zero-order chi connectivity index (χ0) is 17.9. The number of carbonyl (C=O) groups excluding carboxylic acids is 2. The van der Waals surface area contributed by atoms with Gasteiger partial charge in [-0.15, -0.1) is 0 Å². The van der Waals surface area contributed by atoms with Gasteiger partial charge in [0.2, 0.25) is 5.91 Å². The molecule has 0 saturated carbocycles. The fraction of sp³-hybridized carbons (Fsp3) is 0.471. The van der Waals surface area contributed by atoms with Gasteiger partial charge in [-0.3, -0.25) is 9.59 Å². The number of ether oxygens (including phenoxy) is 2. The van der Waals surface area contributed by atoms with E-state index in [9.17, 15) is 19.5 Å². The fourth-order valence-electron chi connectivity index (χ4n) is 2.10. The van der Waals surface area contributed by atoms with E-state index in [-0.39, 0.29) is 26.2 Å². The summed E-state index contributed by atoms with van der Waals surface area (Å²) >= 11 is 0. The summed E-state index contributed by atoms with van der Waals surface area (Å²) in [4.78, 5) is 34.6. The molecule has 0 aliphatic heterocycles. The first-order valence-electron chi connectivity index (χ1n) is 7.73. The Morgan fingerprint density at radius 2 is 1.88 bits per heavy atom. The van der Waals surface area contributed by atoms with E-state index < -0.39 is 29.8 Å². The molecule has 2 N–H and O–H groups in total. The van der Waals surface area contributed by atoms with Crippen molar-refractivity contribution in [1.29, 1.82) is 0 Å². The highest BCUT2D eigenvalue weighted by Gasteiger charge is 2.28. The summed E-state index contributed by atoms with van der Waals surface area (Å²) in [6.07, 6.45) is -0.0873. The van der Waals surface area contributed by atoms with Gasteiger partial charge in [0.25, 0.3) is 0 Å². The molecule has 24 heavy (non-hydrogen) atoms. The van der Waals surface area contributed by atoms with E-state index in [1.165, 1.54) is 0 Å². The van der Waals surface area contributed by atoms with Gasteiger partial charge in [-0.25, -0.2) is 4.79 Å². The maximum atomic E-state index is 11.8. The summed E-state index contributed by atoms with van der Waals surface area (Å²) in [7, 11) is 0. The third kappa shape index (κ3) is 7.23. The summed E-state index contributed by atoms with van der Waals surface area (Å²) in [6.45, 7) is 3.46. The van der Waals surface area contributed by atoms with Gasteiger partial charge in [0.1, 0.15) is 12.6 Å². The smallest absolute Gasteiger partial charge is 0.326 e. The second kappa shape index (κ2) is 10.4. The number of benzene rings is 1. The number of carbonyl (C=O) groups is 3. The van der Waals surface area contributed by atoms with Gasteiger partial charge in [-0.1, -0.05) is 37.3 Å². The van der Waals surface area contributed by atoms with E-state index >= 15 is 0 Å². The second-order valence-electron chi connectivity index (χ2n) is 5.35. The number of hydrogen-bond acceptors (Lipinski definition) is 5. The zero-order valence-corrected chi connectivity index (χ0v) is 13.9. The summed E-state index contributed by atoms with van der Waals surface area (Å²) in [5.41, 5.74) is 0.913. The topological polar surface area (TPSA) is 102 Å². The molecule has 7 heteroatoms. The van der Waals surface area contributed by atoms with Crippen LogP contribution >= 0.6 is 0 Å². The van der Waals surface area contributed by atoms with Crippen molar-refractivity contribution in [2.45, 2.75) is 32.9 Å². The number of esters is 1. The summed E-state index contributed by atoms with van der Waals surface area (Å²) < 4.78 is 10.1. The molecule has 0 aliphatic rings. The van der Waals surface area contributed by atoms with Gasteiger partial charge in [-0.05, 0) is 18.4 Å². The van der Waals surface area contributed by atoms with Gasteiger partial charge >= 0.3 is 11.9 Å². The SMILES string of the molecule is CCOC(=O)C[C@@H](C)[C@@H](NC(=O)COCc1ccccc1)C(=O)O. The van der Waals surface area contributed by atoms with E-state index in [2.05, 4.69) is 5.32 Å². The summed E-state index contributed by atoms with van der Waals surface area (Å²) in [5.74, 6) is -2.84. The molecule has 2 atom stereocenters. The number of amides is 1. The minimum absolute atomic E-state index is 0.0873. The molecular formula is C17H23NO6. The molecule has 1 aromatic rings. The van der Waals surface area contributed by atoms with Crippen LogP contribution in [0, 0.1) is 5.92 Å². The van der Waals surface area contributed by atoms with E-state index in [1.807, 2.05) is 30.3 Å². The molecule has 1 rings (SSSR count). The van der Waals surface area contributed by atoms with Crippen LogP contribution in [0.5, 0.6) is 0 Å². The highest BCUT2D eigenvalue weighted by Crippen LogP contribution is 2.10. The molecule has 0 aliphatic carbocycles. The zero-order valence-electron chi connectivity index (χ0n) is 13.9. The van der Waals surface area contributed by atoms with Crippen LogP contribution in [0.2, 0.25) is 0 Å². The Balaban J connectivity index is 2.44. The lowest BCUT2D eigenvalue weighted by Gasteiger charge is -2.20. The molecule has 0 fully saturated rings. The van der Waals surface area contributed by atoms with Crippen molar-refractivity contribution >= 4 is 17.8 Å². The van der Waals surface area contributed by atoms with Crippen molar-refractivity contribution in [1.82, 2.24) is 5.32 Å². The Morgan fingerprint density at radius 3 is 2.46 bits per heavy atom. The molecule has 132 valence electrons. The Bertz CT molecular complexity index is 545. The van der Waals surface area contributed by atoms with Crippen LogP contribution in [0.4, 0.5) is 0 Å². The van der Waals surface area contributed by atoms with Crippen molar-refractivity contribution in [2.24, 2.45) is 5.92 Å². The van der Waals surface area contributed by atoms with E-state index in [0.717, 1.165) is 5.56 Å². The Labute approximate surface area is 141 Å². The molecule has 0 unspecified atom stereocenters. The third-order valence-corrected chi connectivity index (χ3v) is 3.29. The summed E-state index contributed by atoms with van der Waals surface area (Å²) in [5, 5.41) is 11.6. The second-order valence-corrected chi connectivity index (χ2v) is 5.35. The number of hydrogen-bond donors (Lipinski definition) is 2. The Morgan fingerprint density at radius 1 is 1.21 bits per heavy atom. The van der Waals surface area contributed by atoms with Gasteiger partial charge in [0.15, 0.2) is 0 Å². The van der Waals surface area contributed by atoms with E-state index in [4.69, 9.17) is 9.47 Å². The van der Waals surface area contributed by atoms with Gasteiger partial charge in [0.05, 0.1) is 19.6 Å². The van der Waals surface area contributed by atoms with Crippen LogP contribution in [-0.2, 0) is 30.5 Å². The lowest BCUT2D eigenvalue weighted by atomic mass is 9.98. The van der Waals surface area contributed by atoms with Crippen molar-refractivity contribution in [3.8, 4) is 0 Å². The Hall–Kier alpha value is -2.41. The highest BCUT2D eigenvalue weighted by molar-refractivity contribution is 5.85. The predicted molar refractivity (Wildman–Crippen MR) is 86.1 cm³/mol. The number of aliphatic carboxylic acids is 1. The lowest BCUT2D eigenvalue weighted by Crippen LogP contribution is -2.47. The first kappa shape index (κ1) is 19.6. The normalized spacial score (nSPS) is 12.9. The first-order chi connectivity index (χ1) is 11.4. The standard InChI is InChI=1S/C17H23NO6/c1-3-24-15(20)9-12(2)16(17(21)22)18-14(19)11-23-10-13-7-5-4-6-8-13/h4-8,12,16H,3,9-11H2,1-2H3,(H,18,19)(H,21,22)/t12-,16-/m1/s1.